The fraction of sp³-hybridized carbons (Fsp3) is 0.217. The molecule has 0 spiro atoms. The molecular weight excluding hydrogens is 350 g/mol. The van der Waals surface area contributed by atoms with E-state index in [0.717, 1.165) is 32.5 Å². The van der Waals surface area contributed by atoms with Gasteiger partial charge in [-0.2, -0.15) is 4.99 Å². The van der Waals surface area contributed by atoms with Gasteiger partial charge in [0.25, 0.3) is 0 Å². The first-order chi connectivity index (χ1) is 12.9. The number of allylic oxidation sites excluding steroid dienone is 2. The van der Waals surface area contributed by atoms with Gasteiger partial charge < -0.3 is 0 Å². The minimum atomic E-state index is -0.00174. The predicted octanol–water partition coefficient (Wildman–Crippen LogP) is 5.26. The molecule has 2 aromatic rings. The third-order valence-corrected chi connectivity index (χ3v) is 5.92. The van der Waals surface area contributed by atoms with Gasteiger partial charge in [0.05, 0.1) is 9.75 Å². The summed E-state index contributed by atoms with van der Waals surface area (Å²) >= 11 is 1.68. The molecule has 4 heterocycles. The molecule has 2 aliphatic heterocycles. The summed E-state index contributed by atoms with van der Waals surface area (Å²) in [5, 5.41) is 0. The Labute approximate surface area is 164 Å². The predicted molar refractivity (Wildman–Crippen MR) is 113 cm³/mol. The van der Waals surface area contributed by atoms with E-state index in [1.165, 1.54) is 0 Å². The number of thiophene rings is 1. The highest BCUT2D eigenvalue weighted by Crippen LogP contribution is 2.40. The van der Waals surface area contributed by atoms with Crippen molar-refractivity contribution < 1.29 is 4.48 Å². The van der Waals surface area contributed by atoms with E-state index in [-0.39, 0.29) is 5.54 Å². The molecule has 0 bridgehead atoms. The van der Waals surface area contributed by atoms with Crippen LogP contribution in [0, 0.1) is 18.8 Å². The molecule has 0 aromatic carbocycles. The van der Waals surface area contributed by atoms with Crippen LogP contribution >= 0.6 is 11.3 Å². The summed E-state index contributed by atoms with van der Waals surface area (Å²) in [4.78, 5) is 11.4. The van der Waals surface area contributed by atoms with Gasteiger partial charge in [-0.25, -0.2) is 9.47 Å². The second kappa shape index (κ2) is 6.45. The summed E-state index contributed by atoms with van der Waals surface area (Å²) in [6, 6.07) is 8.14. The Balaban J connectivity index is 1.67. The van der Waals surface area contributed by atoms with Gasteiger partial charge in [0.2, 0.25) is 5.84 Å². The van der Waals surface area contributed by atoms with Crippen molar-refractivity contribution in [2.75, 3.05) is 0 Å². The molecule has 1 unspecified atom stereocenters. The van der Waals surface area contributed by atoms with Crippen LogP contribution in [0.4, 0.5) is 0 Å². The van der Waals surface area contributed by atoms with E-state index in [9.17, 15) is 0 Å². The number of nitrogens with zero attached hydrogens (tertiary/aromatic N) is 3. The van der Waals surface area contributed by atoms with Gasteiger partial charge in [-0.3, -0.25) is 0 Å². The second-order valence-corrected chi connectivity index (χ2v) is 8.80. The van der Waals surface area contributed by atoms with Crippen LogP contribution in [0.25, 0.3) is 5.70 Å². The minimum Gasteiger partial charge on any atom is -0.248 e. The average Bonchev–Trinajstić information content (AvgIpc) is 3.25. The summed E-state index contributed by atoms with van der Waals surface area (Å²) in [7, 11) is 0. The van der Waals surface area contributed by atoms with E-state index in [2.05, 4.69) is 80.4 Å². The number of pyridine rings is 1. The van der Waals surface area contributed by atoms with Crippen LogP contribution < -0.4 is 0 Å². The molecule has 4 heteroatoms. The summed E-state index contributed by atoms with van der Waals surface area (Å²) in [6.07, 6.45) is 12.5. The standard InChI is InChI=1S/C23H22N3S/c1-17-8-7-14-24-19(17)12-10-18-11-13-21(27-18)20-16-26(23(2,3)4)15-6-5-9-22(26)25-20/h5-9,11,13-16H,1-4H3/q+1. The highest BCUT2D eigenvalue weighted by atomic mass is 32.1. The number of aryl methyl sites for hydroxylation is 1. The quantitative estimate of drug-likeness (QED) is 0.495. The lowest BCUT2D eigenvalue weighted by Gasteiger charge is -2.40. The van der Waals surface area contributed by atoms with E-state index in [0.29, 0.717) is 4.48 Å². The maximum atomic E-state index is 4.93. The number of hydrogen-bond donors (Lipinski definition) is 0. The number of quaternary nitrogens is 1. The fourth-order valence-electron chi connectivity index (χ4n) is 3.26. The normalized spacial score (nSPS) is 20.6. The molecule has 27 heavy (non-hydrogen) atoms. The average molecular weight is 373 g/mol. The highest BCUT2D eigenvalue weighted by molar-refractivity contribution is 7.13. The maximum Gasteiger partial charge on any atom is 0.238 e. The van der Waals surface area contributed by atoms with Crippen molar-refractivity contribution >= 4 is 22.9 Å². The van der Waals surface area contributed by atoms with Gasteiger partial charge in [-0.05, 0) is 75.5 Å². The number of aliphatic imine (C=N–C) groups is 1. The van der Waals surface area contributed by atoms with Crippen molar-refractivity contribution in [1.29, 1.82) is 0 Å². The molecule has 2 aromatic heterocycles. The minimum absolute atomic E-state index is 0.00174. The van der Waals surface area contributed by atoms with E-state index >= 15 is 0 Å². The van der Waals surface area contributed by atoms with Crippen molar-refractivity contribution in [3.05, 3.63) is 82.1 Å². The third-order valence-electron chi connectivity index (χ3n) is 4.90. The Kier molecular flexibility index (Phi) is 4.22. The Morgan fingerprint density at radius 1 is 1.07 bits per heavy atom. The van der Waals surface area contributed by atoms with Crippen LogP contribution in [0.1, 0.15) is 41.8 Å². The molecule has 3 nitrogen and oxygen atoms in total. The SMILES string of the molecule is Cc1cccnc1C#Cc1ccc(C2=C[N+]3(C(C)(C)C)C=CC=CC3=N2)s1. The molecule has 1 atom stereocenters. The lowest BCUT2D eigenvalue weighted by Crippen LogP contribution is -2.54. The van der Waals surface area contributed by atoms with Gasteiger partial charge in [0.1, 0.15) is 29.3 Å². The van der Waals surface area contributed by atoms with E-state index in [1.807, 2.05) is 19.1 Å². The molecule has 0 saturated carbocycles. The van der Waals surface area contributed by atoms with Crippen LogP contribution in [0.5, 0.6) is 0 Å². The van der Waals surface area contributed by atoms with Crippen molar-refractivity contribution in [3.63, 3.8) is 0 Å². The number of fused-ring (bicyclic) bond motifs is 1. The zero-order valence-electron chi connectivity index (χ0n) is 16.0. The zero-order valence-corrected chi connectivity index (χ0v) is 16.8. The van der Waals surface area contributed by atoms with E-state index in [1.54, 1.807) is 17.5 Å². The first-order valence-electron chi connectivity index (χ1n) is 8.99. The van der Waals surface area contributed by atoms with Crippen molar-refractivity contribution in [3.8, 4) is 11.8 Å². The van der Waals surface area contributed by atoms with E-state index < -0.39 is 0 Å². The van der Waals surface area contributed by atoms with Crippen LogP contribution in [0.2, 0.25) is 0 Å². The molecule has 0 amide bonds. The topological polar surface area (TPSA) is 25.2 Å². The molecule has 4 rings (SSSR count). The van der Waals surface area contributed by atoms with Crippen molar-refractivity contribution in [2.24, 2.45) is 4.99 Å². The first kappa shape index (κ1) is 17.7. The lowest BCUT2D eigenvalue weighted by atomic mass is 10.0. The molecule has 0 aliphatic carbocycles. The number of amidine groups is 1. The first-order valence-corrected chi connectivity index (χ1v) is 9.81. The van der Waals surface area contributed by atoms with E-state index in [4.69, 9.17) is 4.99 Å². The molecular formula is C23H22N3S+. The van der Waals surface area contributed by atoms with Gasteiger partial charge in [0, 0.05) is 12.3 Å². The Morgan fingerprint density at radius 2 is 1.93 bits per heavy atom. The van der Waals surface area contributed by atoms with Crippen molar-refractivity contribution in [2.45, 2.75) is 33.2 Å². The number of aromatic nitrogens is 1. The largest absolute Gasteiger partial charge is 0.248 e. The van der Waals surface area contributed by atoms with Gasteiger partial charge in [-0.15, -0.1) is 11.3 Å². The smallest absolute Gasteiger partial charge is 0.238 e. The third kappa shape index (κ3) is 3.10. The fourth-order valence-corrected chi connectivity index (χ4v) is 4.07. The molecule has 0 saturated heterocycles. The Bertz CT molecular complexity index is 1080. The summed E-state index contributed by atoms with van der Waals surface area (Å²) < 4.78 is 0.644. The summed E-state index contributed by atoms with van der Waals surface area (Å²) in [6.45, 7) is 8.76. The molecule has 0 N–H and O–H groups in total. The second-order valence-electron chi connectivity index (χ2n) is 7.72. The monoisotopic (exact) mass is 372 g/mol. The summed E-state index contributed by atoms with van der Waals surface area (Å²) in [5.41, 5.74) is 2.94. The summed E-state index contributed by atoms with van der Waals surface area (Å²) in [5.74, 6) is 7.49. The Morgan fingerprint density at radius 3 is 2.67 bits per heavy atom. The van der Waals surface area contributed by atoms with Gasteiger partial charge >= 0.3 is 0 Å². The Hall–Kier alpha value is -2.74. The maximum absolute atomic E-state index is 4.93. The van der Waals surface area contributed by atoms with Crippen LogP contribution in [0.15, 0.2) is 66.1 Å². The number of rotatable bonds is 1. The molecule has 0 radical (unpaired) electrons. The molecule has 0 fully saturated rings. The number of hydrogen-bond acceptors (Lipinski definition) is 3. The van der Waals surface area contributed by atoms with Gasteiger partial charge in [0.15, 0.2) is 0 Å². The molecule has 134 valence electrons. The lowest BCUT2D eigenvalue weighted by molar-refractivity contribution is -0.784. The molecule has 2 aliphatic rings. The highest BCUT2D eigenvalue weighted by Gasteiger charge is 2.46. The van der Waals surface area contributed by atoms with Crippen LogP contribution in [-0.4, -0.2) is 20.8 Å². The zero-order chi connectivity index (χ0) is 19.1. The van der Waals surface area contributed by atoms with Crippen molar-refractivity contribution in [1.82, 2.24) is 4.98 Å². The van der Waals surface area contributed by atoms with Crippen LogP contribution in [0.3, 0.4) is 0 Å². The van der Waals surface area contributed by atoms with Gasteiger partial charge in [-0.1, -0.05) is 6.07 Å². The van der Waals surface area contributed by atoms with Crippen LogP contribution in [-0.2, 0) is 0 Å².